The van der Waals surface area contributed by atoms with Gasteiger partial charge in [-0.3, -0.25) is 9.69 Å². The summed E-state index contributed by atoms with van der Waals surface area (Å²) in [5.74, 6) is 1.04. The van der Waals surface area contributed by atoms with Crippen molar-refractivity contribution in [2.75, 3.05) is 33.2 Å². The van der Waals surface area contributed by atoms with Gasteiger partial charge in [0.05, 0.1) is 6.54 Å². The molecule has 0 bridgehead atoms. The van der Waals surface area contributed by atoms with E-state index in [9.17, 15) is 4.79 Å². The molecule has 1 heterocycles. The van der Waals surface area contributed by atoms with Crippen molar-refractivity contribution in [3.63, 3.8) is 0 Å². The minimum Gasteiger partial charge on any atom is -0.353 e. The Morgan fingerprint density at radius 3 is 2.62 bits per heavy atom. The molecular formula is C17H35N3O. The van der Waals surface area contributed by atoms with Crippen molar-refractivity contribution >= 4 is 5.91 Å². The molecule has 1 aliphatic rings. The van der Waals surface area contributed by atoms with Crippen LogP contribution in [0.25, 0.3) is 0 Å². The highest BCUT2D eigenvalue weighted by Gasteiger charge is 2.20. The average Bonchev–Trinajstić information content (AvgIpc) is 2.46. The molecule has 1 rings (SSSR count). The van der Waals surface area contributed by atoms with Gasteiger partial charge in [-0.1, -0.05) is 26.2 Å². The Bertz CT molecular complexity index is 275. The second-order valence-corrected chi connectivity index (χ2v) is 6.58. The number of unbranched alkanes of at least 4 members (excludes halogenated alkanes) is 2. The van der Waals surface area contributed by atoms with Crippen LogP contribution in [0, 0.1) is 5.92 Å². The number of hydrogen-bond donors (Lipinski definition) is 2. The highest BCUT2D eigenvalue weighted by molar-refractivity contribution is 5.78. The molecule has 1 saturated heterocycles. The molecule has 0 aromatic carbocycles. The van der Waals surface area contributed by atoms with Gasteiger partial charge in [-0.25, -0.2) is 0 Å². The maximum Gasteiger partial charge on any atom is 0.234 e. The standard InChI is InChI=1S/C17H35N3O/c1-4-5-6-7-15(2)19-17(21)14-20-12-9-16(10-13-20)8-11-18-3/h15-16,18H,4-14H2,1-3H3,(H,19,21). The van der Waals surface area contributed by atoms with E-state index < -0.39 is 0 Å². The van der Waals surface area contributed by atoms with Crippen LogP contribution < -0.4 is 10.6 Å². The van der Waals surface area contributed by atoms with Gasteiger partial charge in [-0.2, -0.15) is 0 Å². The van der Waals surface area contributed by atoms with Gasteiger partial charge in [0, 0.05) is 6.04 Å². The number of likely N-dealkylation sites (tertiary alicyclic amines) is 1. The Hall–Kier alpha value is -0.610. The van der Waals surface area contributed by atoms with Gasteiger partial charge in [0.2, 0.25) is 5.91 Å². The SMILES string of the molecule is CCCCCC(C)NC(=O)CN1CCC(CCNC)CC1. The molecule has 0 aliphatic carbocycles. The summed E-state index contributed by atoms with van der Waals surface area (Å²) in [7, 11) is 2.02. The van der Waals surface area contributed by atoms with Crippen LogP contribution in [0.2, 0.25) is 0 Å². The summed E-state index contributed by atoms with van der Waals surface area (Å²) in [5.41, 5.74) is 0. The normalized spacial score (nSPS) is 18.6. The molecule has 1 amide bonds. The highest BCUT2D eigenvalue weighted by atomic mass is 16.2. The summed E-state index contributed by atoms with van der Waals surface area (Å²) in [4.78, 5) is 14.4. The fourth-order valence-electron chi connectivity index (χ4n) is 3.08. The Morgan fingerprint density at radius 2 is 2.00 bits per heavy atom. The van der Waals surface area contributed by atoms with Crippen molar-refractivity contribution < 1.29 is 4.79 Å². The molecule has 1 fully saturated rings. The number of carbonyl (C=O) groups excluding carboxylic acids is 1. The van der Waals surface area contributed by atoms with Gasteiger partial charge >= 0.3 is 0 Å². The largest absolute Gasteiger partial charge is 0.353 e. The van der Waals surface area contributed by atoms with Gasteiger partial charge in [-0.05, 0) is 65.2 Å². The molecule has 0 spiro atoms. The van der Waals surface area contributed by atoms with E-state index in [1.807, 2.05) is 7.05 Å². The van der Waals surface area contributed by atoms with Gasteiger partial charge in [-0.15, -0.1) is 0 Å². The van der Waals surface area contributed by atoms with Crippen LogP contribution in [-0.4, -0.2) is 50.1 Å². The molecule has 124 valence electrons. The third-order valence-electron chi connectivity index (χ3n) is 4.53. The van der Waals surface area contributed by atoms with Crippen molar-refractivity contribution in [1.29, 1.82) is 0 Å². The molecule has 0 radical (unpaired) electrons. The summed E-state index contributed by atoms with van der Waals surface area (Å²) in [6.45, 7) is 8.18. The van der Waals surface area contributed by atoms with Crippen LogP contribution >= 0.6 is 0 Å². The van der Waals surface area contributed by atoms with Crippen LogP contribution in [0.4, 0.5) is 0 Å². The Kier molecular flexibility index (Phi) is 9.68. The van der Waals surface area contributed by atoms with Crippen LogP contribution in [0.15, 0.2) is 0 Å². The minimum absolute atomic E-state index is 0.202. The third kappa shape index (κ3) is 8.42. The van der Waals surface area contributed by atoms with Crippen LogP contribution in [0.1, 0.15) is 58.8 Å². The average molecular weight is 297 g/mol. The van der Waals surface area contributed by atoms with E-state index in [0.29, 0.717) is 12.6 Å². The Labute approximate surface area is 131 Å². The Balaban J connectivity index is 2.12. The number of hydrogen-bond acceptors (Lipinski definition) is 3. The van der Waals surface area contributed by atoms with Crippen molar-refractivity contribution in [1.82, 2.24) is 15.5 Å². The van der Waals surface area contributed by atoms with Crippen molar-refractivity contribution in [3.8, 4) is 0 Å². The topological polar surface area (TPSA) is 44.4 Å². The molecule has 0 saturated carbocycles. The molecule has 21 heavy (non-hydrogen) atoms. The summed E-state index contributed by atoms with van der Waals surface area (Å²) in [6.07, 6.45) is 8.57. The van der Waals surface area contributed by atoms with E-state index in [4.69, 9.17) is 0 Å². The lowest BCUT2D eigenvalue weighted by molar-refractivity contribution is -0.123. The number of nitrogens with zero attached hydrogens (tertiary/aromatic N) is 1. The van der Waals surface area contributed by atoms with E-state index in [1.165, 1.54) is 38.5 Å². The lowest BCUT2D eigenvalue weighted by Crippen LogP contribution is -2.44. The first-order chi connectivity index (χ1) is 10.2. The minimum atomic E-state index is 0.202. The zero-order valence-corrected chi connectivity index (χ0v) is 14.3. The Morgan fingerprint density at radius 1 is 1.29 bits per heavy atom. The first kappa shape index (κ1) is 18.4. The van der Waals surface area contributed by atoms with Crippen LogP contribution in [0.3, 0.4) is 0 Å². The lowest BCUT2D eigenvalue weighted by Gasteiger charge is -2.31. The van der Waals surface area contributed by atoms with Gasteiger partial charge in [0.1, 0.15) is 0 Å². The first-order valence-electron chi connectivity index (χ1n) is 8.82. The van der Waals surface area contributed by atoms with Crippen molar-refractivity contribution in [2.24, 2.45) is 5.92 Å². The van der Waals surface area contributed by atoms with Crippen molar-refractivity contribution in [3.05, 3.63) is 0 Å². The molecule has 2 N–H and O–H groups in total. The monoisotopic (exact) mass is 297 g/mol. The molecule has 0 aromatic heterocycles. The second kappa shape index (κ2) is 11.0. The highest BCUT2D eigenvalue weighted by Crippen LogP contribution is 2.19. The number of nitrogens with one attached hydrogen (secondary N) is 2. The first-order valence-corrected chi connectivity index (χ1v) is 8.82. The zero-order chi connectivity index (χ0) is 15.5. The molecule has 4 nitrogen and oxygen atoms in total. The predicted molar refractivity (Wildman–Crippen MR) is 89.5 cm³/mol. The smallest absolute Gasteiger partial charge is 0.234 e. The van der Waals surface area contributed by atoms with Gasteiger partial charge in [0.25, 0.3) is 0 Å². The van der Waals surface area contributed by atoms with E-state index >= 15 is 0 Å². The summed E-state index contributed by atoms with van der Waals surface area (Å²) in [5, 5.41) is 6.36. The van der Waals surface area contributed by atoms with E-state index in [-0.39, 0.29) is 5.91 Å². The molecule has 4 heteroatoms. The summed E-state index contributed by atoms with van der Waals surface area (Å²) >= 11 is 0. The molecule has 1 unspecified atom stereocenters. The third-order valence-corrected chi connectivity index (χ3v) is 4.53. The molecule has 1 atom stereocenters. The zero-order valence-electron chi connectivity index (χ0n) is 14.3. The predicted octanol–water partition coefficient (Wildman–Crippen LogP) is 2.39. The summed E-state index contributed by atoms with van der Waals surface area (Å²) < 4.78 is 0. The fourth-order valence-corrected chi connectivity index (χ4v) is 3.08. The molecule has 0 aromatic rings. The van der Waals surface area contributed by atoms with Crippen molar-refractivity contribution in [2.45, 2.75) is 64.8 Å². The maximum atomic E-state index is 12.0. The molecular weight excluding hydrogens is 262 g/mol. The van der Waals surface area contributed by atoms with Gasteiger partial charge < -0.3 is 10.6 Å². The number of carbonyl (C=O) groups is 1. The number of amides is 1. The van der Waals surface area contributed by atoms with Crippen LogP contribution in [-0.2, 0) is 4.79 Å². The van der Waals surface area contributed by atoms with E-state index in [1.54, 1.807) is 0 Å². The number of piperidine rings is 1. The summed E-state index contributed by atoms with van der Waals surface area (Å²) in [6, 6.07) is 0.317. The van der Waals surface area contributed by atoms with E-state index in [2.05, 4.69) is 29.4 Å². The van der Waals surface area contributed by atoms with E-state index in [0.717, 1.165) is 32.0 Å². The molecule has 1 aliphatic heterocycles. The number of rotatable bonds is 10. The van der Waals surface area contributed by atoms with Crippen LogP contribution in [0.5, 0.6) is 0 Å². The lowest BCUT2D eigenvalue weighted by atomic mass is 9.93. The fraction of sp³-hybridized carbons (Fsp3) is 0.941. The second-order valence-electron chi connectivity index (χ2n) is 6.58. The quantitative estimate of drug-likeness (QED) is 0.609. The maximum absolute atomic E-state index is 12.0. The van der Waals surface area contributed by atoms with Gasteiger partial charge in [0.15, 0.2) is 0 Å².